The number of carboxylic acid groups (broad SMARTS) is 1. The molecule has 1 heterocycles. The number of carbonyl (C=O) groups excluding carboxylic acids is 1. The van der Waals surface area contributed by atoms with E-state index in [0.29, 0.717) is 27.7 Å². The highest BCUT2D eigenvalue weighted by atomic mass is 35.5. The number of carboxylic acids is 1. The van der Waals surface area contributed by atoms with Crippen molar-refractivity contribution in [3.8, 4) is 11.4 Å². The number of aliphatic carboxylic acids is 1. The summed E-state index contributed by atoms with van der Waals surface area (Å²) in [4.78, 5) is 23.9. The van der Waals surface area contributed by atoms with Gasteiger partial charge in [-0.3, -0.25) is 4.79 Å². The first-order valence-corrected chi connectivity index (χ1v) is 9.17. The molecule has 0 aliphatic heterocycles. The van der Waals surface area contributed by atoms with E-state index >= 15 is 0 Å². The number of nitrogens with zero attached hydrogens (tertiary/aromatic N) is 2. The molecule has 3 aromatic rings. The van der Waals surface area contributed by atoms with Crippen LogP contribution in [0.3, 0.4) is 0 Å². The van der Waals surface area contributed by atoms with Gasteiger partial charge >= 0.3 is 5.97 Å². The Labute approximate surface area is 171 Å². The highest BCUT2D eigenvalue weighted by molar-refractivity contribution is 6.37. The van der Waals surface area contributed by atoms with Crippen LogP contribution in [0, 0.1) is 0 Å². The van der Waals surface area contributed by atoms with Crippen LogP contribution < -0.4 is 4.74 Å². The molecular weight excluding hydrogens is 403 g/mol. The van der Waals surface area contributed by atoms with Crippen LogP contribution in [-0.2, 0) is 11.2 Å². The highest BCUT2D eigenvalue weighted by Crippen LogP contribution is 2.29. The van der Waals surface area contributed by atoms with Crippen LogP contribution in [0.2, 0.25) is 10.0 Å². The maximum Gasteiger partial charge on any atom is 0.341 e. The van der Waals surface area contributed by atoms with E-state index in [2.05, 4.69) is 5.10 Å². The van der Waals surface area contributed by atoms with E-state index in [-0.39, 0.29) is 17.1 Å². The molecule has 8 heteroatoms. The summed E-state index contributed by atoms with van der Waals surface area (Å²) in [5.74, 6) is -1.27. The van der Waals surface area contributed by atoms with Gasteiger partial charge in [-0.25, -0.2) is 9.48 Å². The number of benzene rings is 2. The molecular formula is C20H16Cl2N2O4. The van der Waals surface area contributed by atoms with Crippen molar-refractivity contribution in [3.63, 3.8) is 0 Å². The van der Waals surface area contributed by atoms with Gasteiger partial charge in [0.05, 0.1) is 27.4 Å². The van der Waals surface area contributed by atoms with Crippen LogP contribution in [0.5, 0.6) is 5.75 Å². The number of aryl methyl sites for hydroxylation is 1. The van der Waals surface area contributed by atoms with Crippen molar-refractivity contribution < 1.29 is 19.4 Å². The Hall–Kier alpha value is -2.83. The van der Waals surface area contributed by atoms with Crippen molar-refractivity contribution in [2.24, 2.45) is 0 Å². The van der Waals surface area contributed by atoms with E-state index in [0.717, 1.165) is 5.56 Å². The van der Waals surface area contributed by atoms with Crippen molar-refractivity contribution in [2.75, 3.05) is 6.61 Å². The number of rotatable bonds is 7. The van der Waals surface area contributed by atoms with E-state index in [4.69, 9.17) is 33.0 Å². The first kappa shape index (κ1) is 19.9. The minimum atomic E-state index is -1.13. The largest absolute Gasteiger partial charge is 0.481 e. The average Bonchev–Trinajstić information content (AvgIpc) is 3.15. The molecule has 0 saturated carbocycles. The smallest absolute Gasteiger partial charge is 0.341 e. The molecule has 0 saturated heterocycles. The second-order valence-corrected chi connectivity index (χ2v) is 6.75. The Bertz CT molecular complexity index is 1030. The van der Waals surface area contributed by atoms with Gasteiger partial charge in [0.15, 0.2) is 12.4 Å². The molecule has 1 N–H and O–H groups in total. The molecule has 6 nitrogen and oxygen atoms in total. The van der Waals surface area contributed by atoms with Crippen LogP contribution in [-0.4, -0.2) is 33.2 Å². The number of ether oxygens (including phenoxy) is 1. The van der Waals surface area contributed by atoms with Gasteiger partial charge in [-0.05, 0) is 36.2 Å². The summed E-state index contributed by atoms with van der Waals surface area (Å²) in [6.07, 6.45) is 3.64. The van der Waals surface area contributed by atoms with Gasteiger partial charge in [0, 0.05) is 6.20 Å². The van der Waals surface area contributed by atoms with Gasteiger partial charge in [-0.1, -0.05) is 42.3 Å². The summed E-state index contributed by atoms with van der Waals surface area (Å²) in [6.45, 7) is 1.42. The van der Waals surface area contributed by atoms with Crippen molar-refractivity contribution in [3.05, 3.63) is 75.5 Å². The van der Waals surface area contributed by atoms with Crippen LogP contribution in [0.4, 0.5) is 0 Å². The maximum absolute atomic E-state index is 13.0. The third-order valence-electron chi connectivity index (χ3n) is 4.06. The molecule has 28 heavy (non-hydrogen) atoms. The molecule has 2 aromatic carbocycles. The van der Waals surface area contributed by atoms with Crippen LogP contribution in [0.25, 0.3) is 5.69 Å². The zero-order chi connectivity index (χ0) is 20.3. The molecule has 0 fully saturated rings. The van der Waals surface area contributed by atoms with E-state index in [9.17, 15) is 9.59 Å². The van der Waals surface area contributed by atoms with Gasteiger partial charge in [-0.2, -0.15) is 5.10 Å². The Kier molecular flexibility index (Phi) is 6.02. The van der Waals surface area contributed by atoms with Crippen LogP contribution in [0.15, 0.2) is 48.8 Å². The Morgan fingerprint density at radius 2 is 1.89 bits per heavy atom. The SMILES string of the molecule is CCc1ccc(OCC(=O)O)c(C(=O)c2cnn(-c3c(Cl)cccc3Cl)c2)c1. The Morgan fingerprint density at radius 3 is 2.54 bits per heavy atom. The summed E-state index contributed by atoms with van der Waals surface area (Å²) in [6, 6.07) is 10.2. The summed E-state index contributed by atoms with van der Waals surface area (Å²) in [5.41, 5.74) is 1.96. The number of para-hydroxylation sites is 1. The predicted octanol–water partition coefficient (Wildman–Crippen LogP) is 4.44. The minimum Gasteiger partial charge on any atom is -0.481 e. The van der Waals surface area contributed by atoms with Gasteiger partial charge in [-0.15, -0.1) is 0 Å². The first-order valence-electron chi connectivity index (χ1n) is 8.42. The fourth-order valence-electron chi connectivity index (χ4n) is 2.67. The van der Waals surface area contributed by atoms with Gasteiger partial charge < -0.3 is 9.84 Å². The van der Waals surface area contributed by atoms with Crippen LogP contribution in [0.1, 0.15) is 28.4 Å². The summed E-state index contributed by atoms with van der Waals surface area (Å²) < 4.78 is 6.71. The zero-order valence-electron chi connectivity index (χ0n) is 14.9. The summed E-state index contributed by atoms with van der Waals surface area (Å²) >= 11 is 12.4. The predicted molar refractivity (Wildman–Crippen MR) is 106 cm³/mol. The van der Waals surface area contributed by atoms with E-state index in [1.54, 1.807) is 36.4 Å². The molecule has 0 atom stereocenters. The molecule has 0 aliphatic carbocycles. The lowest BCUT2D eigenvalue weighted by molar-refractivity contribution is -0.139. The molecule has 3 rings (SSSR count). The molecule has 0 radical (unpaired) electrons. The van der Waals surface area contributed by atoms with Crippen molar-refractivity contribution in [1.82, 2.24) is 9.78 Å². The fourth-order valence-corrected chi connectivity index (χ4v) is 3.24. The van der Waals surface area contributed by atoms with Crippen molar-refractivity contribution in [1.29, 1.82) is 0 Å². The molecule has 0 amide bonds. The van der Waals surface area contributed by atoms with Gasteiger partial charge in [0.2, 0.25) is 0 Å². The normalized spacial score (nSPS) is 10.7. The summed E-state index contributed by atoms with van der Waals surface area (Å²) in [7, 11) is 0. The molecule has 0 bridgehead atoms. The minimum absolute atomic E-state index is 0.202. The number of aromatic nitrogens is 2. The third kappa shape index (κ3) is 4.18. The average molecular weight is 419 g/mol. The maximum atomic E-state index is 13.0. The number of hydrogen-bond donors (Lipinski definition) is 1. The number of hydrogen-bond acceptors (Lipinski definition) is 4. The monoisotopic (exact) mass is 418 g/mol. The number of carbonyl (C=O) groups is 2. The first-order chi connectivity index (χ1) is 13.4. The molecule has 1 aromatic heterocycles. The van der Waals surface area contributed by atoms with E-state index in [1.807, 2.05) is 6.92 Å². The molecule has 0 aliphatic rings. The third-order valence-corrected chi connectivity index (χ3v) is 4.67. The topological polar surface area (TPSA) is 81.4 Å². The Balaban J connectivity index is 1.98. The van der Waals surface area contributed by atoms with Crippen LogP contribution >= 0.6 is 23.2 Å². The van der Waals surface area contributed by atoms with E-state index in [1.165, 1.54) is 17.1 Å². The number of halogens is 2. The zero-order valence-corrected chi connectivity index (χ0v) is 16.4. The van der Waals surface area contributed by atoms with E-state index < -0.39 is 12.6 Å². The van der Waals surface area contributed by atoms with Crippen molar-refractivity contribution >= 4 is 35.0 Å². The lowest BCUT2D eigenvalue weighted by atomic mass is 10.0. The van der Waals surface area contributed by atoms with Gasteiger partial charge in [0.25, 0.3) is 0 Å². The standard InChI is InChI=1S/C20H16Cl2N2O4/c1-2-12-6-7-17(28-11-18(25)26)14(8-12)20(27)13-9-23-24(10-13)19-15(21)4-3-5-16(19)22/h3-10H,2,11H2,1H3,(H,25,26). The summed E-state index contributed by atoms with van der Waals surface area (Å²) in [5, 5.41) is 13.8. The lowest BCUT2D eigenvalue weighted by Gasteiger charge is -2.10. The molecule has 0 spiro atoms. The molecule has 0 unspecified atom stereocenters. The molecule has 144 valence electrons. The quantitative estimate of drug-likeness (QED) is 0.573. The Morgan fingerprint density at radius 1 is 1.18 bits per heavy atom. The highest BCUT2D eigenvalue weighted by Gasteiger charge is 2.19. The number of ketones is 1. The lowest BCUT2D eigenvalue weighted by Crippen LogP contribution is -2.12. The van der Waals surface area contributed by atoms with Crippen molar-refractivity contribution in [2.45, 2.75) is 13.3 Å². The second-order valence-electron chi connectivity index (χ2n) is 5.94. The fraction of sp³-hybridized carbons (Fsp3) is 0.150. The van der Waals surface area contributed by atoms with Gasteiger partial charge in [0.1, 0.15) is 11.4 Å². The second kappa shape index (κ2) is 8.46.